The Labute approximate surface area is 151 Å². The first-order chi connectivity index (χ1) is 12.2. The first-order valence-electron chi connectivity index (χ1n) is 8.17. The van der Waals surface area contributed by atoms with Crippen molar-refractivity contribution in [2.45, 2.75) is 13.3 Å². The third kappa shape index (κ3) is 5.16. The van der Waals surface area contributed by atoms with Crippen LogP contribution in [0, 0.1) is 6.92 Å². The van der Waals surface area contributed by atoms with E-state index in [-0.39, 0.29) is 5.91 Å². The first-order valence-corrected chi connectivity index (χ1v) is 9.05. The first kappa shape index (κ1) is 17.2. The van der Waals surface area contributed by atoms with Gasteiger partial charge >= 0.3 is 0 Å². The Hall–Kier alpha value is -2.66. The van der Waals surface area contributed by atoms with Gasteiger partial charge in [-0.2, -0.15) is 0 Å². The van der Waals surface area contributed by atoms with E-state index in [0.29, 0.717) is 19.6 Å². The number of nitrogens with one attached hydrogen (secondary N) is 1. The van der Waals surface area contributed by atoms with Crippen LogP contribution in [-0.4, -0.2) is 24.0 Å². The second-order valence-electron chi connectivity index (χ2n) is 5.64. The molecule has 0 atom stereocenters. The molecule has 1 N–H and O–H groups in total. The monoisotopic (exact) mass is 352 g/mol. The van der Waals surface area contributed by atoms with Gasteiger partial charge in [-0.05, 0) is 24.6 Å². The Bertz CT molecular complexity index is 813. The standard InChI is InChI=1S/C20H20N2O2S/c1-15-22-19(14-25-15)17-9-7-16(8-10-17)13-20(23)21-11-12-24-18-5-3-2-4-6-18/h2-10,14H,11-13H2,1H3,(H,21,23). The molecule has 0 bridgehead atoms. The van der Waals surface area contributed by atoms with Gasteiger partial charge in [-0.3, -0.25) is 4.79 Å². The number of thiazole rings is 1. The summed E-state index contributed by atoms with van der Waals surface area (Å²) in [7, 11) is 0. The number of benzene rings is 2. The molecule has 0 saturated heterocycles. The van der Waals surface area contributed by atoms with E-state index in [4.69, 9.17) is 4.74 Å². The molecule has 1 amide bonds. The summed E-state index contributed by atoms with van der Waals surface area (Å²) >= 11 is 1.64. The predicted molar refractivity (Wildman–Crippen MR) is 101 cm³/mol. The highest BCUT2D eigenvalue weighted by molar-refractivity contribution is 7.09. The molecule has 1 aromatic heterocycles. The van der Waals surface area contributed by atoms with Crippen LogP contribution in [0.1, 0.15) is 10.6 Å². The van der Waals surface area contributed by atoms with Crippen LogP contribution in [0.4, 0.5) is 0 Å². The minimum Gasteiger partial charge on any atom is -0.492 e. The molecule has 0 aliphatic rings. The fourth-order valence-electron chi connectivity index (χ4n) is 2.41. The summed E-state index contributed by atoms with van der Waals surface area (Å²) in [6, 6.07) is 17.5. The maximum Gasteiger partial charge on any atom is 0.224 e. The van der Waals surface area contributed by atoms with Crippen LogP contribution in [0.15, 0.2) is 60.0 Å². The molecule has 5 heteroatoms. The highest BCUT2D eigenvalue weighted by Crippen LogP contribution is 2.21. The smallest absolute Gasteiger partial charge is 0.224 e. The van der Waals surface area contributed by atoms with Crippen molar-refractivity contribution in [3.8, 4) is 17.0 Å². The molecule has 3 rings (SSSR count). The number of aromatic nitrogens is 1. The zero-order chi connectivity index (χ0) is 17.5. The summed E-state index contributed by atoms with van der Waals surface area (Å²) in [6.45, 7) is 2.94. The second-order valence-corrected chi connectivity index (χ2v) is 6.70. The maximum atomic E-state index is 12.0. The number of hydrogen-bond donors (Lipinski definition) is 1. The average molecular weight is 352 g/mol. The van der Waals surface area contributed by atoms with E-state index < -0.39 is 0 Å². The van der Waals surface area contributed by atoms with E-state index in [9.17, 15) is 4.79 Å². The molecule has 25 heavy (non-hydrogen) atoms. The largest absolute Gasteiger partial charge is 0.492 e. The van der Waals surface area contributed by atoms with Crippen LogP contribution in [0.3, 0.4) is 0 Å². The van der Waals surface area contributed by atoms with Crippen molar-refractivity contribution in [3.63, 3.8) is 0 Å². The maximum absolute atomic E-state index is 12.0. The number of hydrogen-bond acceptors (Lipinski definition) is 4. The fourth-order valence-corrected chi connectivity index (χ4v) is 3.04. The van der Waals surface area contributed by atoms with Crippen LogP contribution in [0.5, 0.6) is 5.75 Å². The van der Waals surface area contributed by atoms with Crippen molar-refractivity contribution in [3.05, 3.63) is 70.5 Å². The molecule has 128 valence electrons. The van der Waals surface area contributed by atoms with Crippen molar-refractivity contribution >= 4 is 17.2 Å². The summed E-state index contributed by atoms with van der Waals surface area (Å²) in [5, 5.41) is 5.97. The molecular formula is C20H20N2O2S. The quantitative estimate of drug-likeness (QED) is 0.657. The molecule has 4 nitrogen and oxygen atoms in total. The van der Waals surface area contributed by atoms with Crippen LogP contribution >= 0.6 is 11.3 Å². The minimum absolute atomic E-state index is 0.00563. The molecule has 2 aromatic carbocycles. The lowest BCUT2D eigenvalue weighted by molar-refractivity contribution is -0.120. The van der Waals surface area contributed by atoms with Gasteiger partial charge in [-0.25, -0.2) is 4.98 Å². The van der Waals surface area contributed by atoms with Crippen molar-refractivity contribution in [1.82, 2.24) is 10.3 Å². The van der Waals surface area contributed by atoms with Gasteiger partial charge in [0, 0.05) is 10.9 Å². The number of amides is 1. The Morgan fingerprint density at radius 1 is 1.12 bits per heavy atom. The van der Waals surface area contributed by atoms with Gasteiger partial charge in [0.2, 0.25) is 5.91 Å². The lowest BCUT2D eigenvalue weighted by Gasteiger charge is -2.08. The van der Waals surface area contributed by atoms with Crippen LogP contribution in [0.25, 0.3) is 11.3 Å². The Morgan fingerprint density at radius 3 is 2.56 bits per heavy atom. The number of carbonyl (C=O) groups is 1. The second kappa shape index (κ2) is 8.44. The SMILES string of the molecule is Cc1nc(-c2ccc(CC(=O)NCCOc3ccccc3)cc2)cs1. The number of rotatable bonds is 7. The lowest BCUT2D eigenvalue weighted by atomic mass is 10.1. The van der Waals surface area contributed by atoms with E-state index in [0.717, 1.165) is 27.6 Å². The molecule has 0 fully saturated rings. The summed E-state index contributed by atoms with van der Waals surface area (Å²) in [4.78, 5) is 16.5. The summed E-state index contributed by atoms with van der Waals surface area (Å²) in [6.07, 6.45) is 0.363. The number of aryl methyl sites for hydroxylation is 1. The number of nitrogens with zero attached hydrogens (tertiary/aromatic N) is 1. The molecule has 0 aliphatic carbocycles. The third-order valence-corrected chi connectivity index (χ3v) is 4.44. The van der Waals surface area contributed by atoms with Crippen LogP contribution in [-0.2, 0) is 11.2 Å². The van der Waals surface area contributed by atoms with E-state index in [1.807, 2.05) is 66.9 Å². The third-order valence-electron chi connectivity index (χ3n) is 3.67. The molecule has 0 saturated carbocycles. The van der Waals surface area contributed by atoms with Gasteiger partial charge in [-0.15, -0.1) is 11.3 Å². The van der Waals surface area contributed by atoms with Crippen molar-refractivity contribution in [2.75, 3.05) is 13.2 Å². The van der Waals surface area contributed by atoms with Gasteiger partial charge < -0.3 is 10.1 Å². The molecule has 0 unspecified atom stereocenters. The van der Waals surface area contributed by atoms with Crippen LogP contribution in [0.2, 0.25) is 0 Å². The van der Waals surface area contributed by atoms with Crippen LogP contribution < -0.4 is 10.1 Å². The van der Waals surface area contributed by atoms with Gasteiger partial charge in [0.1, 0.15) is 12.4 Å². The predicted octanol–water partition coefficient (Wildman–Crippen LogP) is 3.86. The Morgan fingerprint density at radius 2 is 1.88 bits per heavy atom. The highest BCUT2D eigenvalue weighted by Gasteiger charge is 2.05. The topological polar surface area (TPSA) is 51.2 Å². The number of ether oxygens (including phenoxy) is 1. The van der Waals surface area contributed by atoms with Crippen molar-refractivity contribution in [1.29, 1.82) is 0 Å². The van der Waals surface area contributed by atoms with E-state index >= 15 is 0 Å². The van der Waals surface area contributed by atoms with Gasteiger partial charge in [0.25, 0.3) is 0 Å². The van der Waals surface area contributed by atoms with Gasteiger partial charge in [-0.1, -0.05) is 42.5 Å². The van der Waals surface area contributed by atoms with E-state index in [2.05, 4.69) is 10.3 Å². The summed E-state index contributed by atoms with van der Waals surface area (Å²) in [5.74, 6) is 0.804. The van der Waals surface area contributed by atoms with Crippen molar-refractivity contribution < 1.29 is 9.53 Å². The Balaban J connectivity index is 1.43. The average Bonchev–Trinajstić information content (AvgIpc) is 3.07. The van der Waals surface area contributed by atoms with Gasteiger partial charge in [0.05, 0.1) is 23.7 Å². The molecule has 0 aliphatic heterocycles. The van der Waals surface area contributed by atoms with E-state index in [1.165, 1.54) is 0 Å². The minimum atomic E-state index is -0.00563. The van der Waals surface area contributed by atoms with Crippen molar-refractivity contribution in [2.24, 2.45) is 0 Å². The zero-order valence-corrected chi connectivity index (χ0v) is 14.9. The normalized spacial score (nSPS) is 10.4. The molecule has 0 radical (unpaired) electrons. The molecule has 1 heterocycles. The number of para-hydroxylation sites is 1. The zero-order valence-electron chi connectivity index (χ0n) is 14.1. The molecule has 0 spiro atoms. The molecular weight excluding hydrogens is 332 g/mol. The molecule has 3 aromatic rings. The lowest BCUT2D eigenvalue weighted by Crippen LogP contribution is -2.29. The highest BCUT2D eigenvalue weighted by atomic mass is 32.1. The number of carbonyl (C=O) groups excluding carboxylic acids is 1. The van der Waals surface area contributed by atoms with E-state index in [1.54, 1.807) is 11.3 Å². The summed E-state index contributed by atoms with van der Waals surface area (Å²) < 4.78 is 5.55. The summed E-state index contributed by atoms with van der Waals surface area (Å²) in [5.41, 5.74) is 3.04. The fraction of sp³-hybridized carbons (Fsp3) is 0.200. The Kier molecular flexibility index (Phi) is 5.80. The van der Waals surface area contributed by atoms with Gasteiger partial charge in [0.15, 0.2) is 0 Å².